The lowest BCUT2D eigenvalue weighted by molar-refractivity contribution is -0.138. The predicted octanol–water partition coefficient (Wildman–Crippen LogP) is 1.36. The number of hydrogen-bond donors (Lipinski definition) is 1. The zero-order chi connectivity index (χ0) is 19.5. The van der Waals surface area contributed by atoms with Crippen molar-refractivity contribution in [2.45, 2.75) is 32.0 Å². The average molecular weight is 387 g/mol. The van der Waals surface area contributed by atoms with E-state index < -0.39 is 0 Å². The highest BCUT2D eigenvalue weighted by Crippen LogP contribution is 2.30. The summed E-state index contributed by atoms with van der Waals surface area (Å²) in [6.07, 6.45) is 1.81. The monoisotopic (exact) mass is 387 g/mol. The molecule has 0 unspecified atom stereocenters. The van der Waals surface area contributed by atoms with Gasteiger partial charge >= 0.3 is 0 Å². The maximum atomic E-state index is 12.7. The Hall–Kier alpha value is -2.45. The van der Waals surface area contributed by atoms with Gasteiger partial charge < -0.3 is 24.6 Å². The van der Waals surface area contributed by atoms with Gasteiger partial charge in [-0.2, -0.15) is 0 Å². The molecule has 2 saturated heterocycles. The molecule has 0 bridgehead atoms. The van der Waals surface area contributed by atoms with Crippen LogP contribution >= 0.6 is 0 Å². The number of amides is 3. The zero-order valence-electron chi connectivity index (χ0n) is 15.8. The quantitative estimate of drug-likeness (QED) is 0.843. The maximum Gasteiger partial charge on any atom is 0.244 e. The molecule has 3 aliphatic rings. The number of anilines is 2. The third-order valence-corrected chi connectivity index (χ3v) is 5.55. The normalized spacial score (nSPS) is 20.8. The minimum absolute atomic E-state index is 0.0170. The average Bonchev–Trinajstić information content (AvgIpc) is 3.26. The van der Waals surface area contributed by atoms with Gasteiger partial charge in [0, 0.05) is 31.8 Å². The zero-order valence-corrected chi connectivity index (χ0v) is 15.8. The molecule has 3 amide bonds. The van der Waals surface area contributed by atoms with Gasteiger partial charge in [0.2, 0.25) is 17.7 Å². The van der Waals surface area contributed by atoms with Crippen molar-refractivity contribution in [2.24, 2.45) is 5.92 Å². The Morgan fingerprint density at radius 3 is 2.46 bits per heavy atom. The van der Waals surface area contributed by atoms with E-state index in [1.165, 1.54) is 4.90 Å². The molecular weight excluding hydrogens is 362 g/mol. The fourth-order valence-electron chi connectivity index (χ4n) is 4.03. The summed E-state index contributed by atoms with van der Waals surface area (Å²) in [5.41, 5.74) is 1.30. The predicted molar refractivity (Wildman–Crippen MR) is 102 cm³/mol. The minimum Gasteiger partial charge on any atom is -0.350 e. The molecule has 3 heterocycles. The first kappa shape index (κ1) is 18.9. The molecule has 1 aromatic carbocycles. The van der Waals surface area contributed by atoms with E-state index in [4.69, 9.17) is 9.47 Å². The van der Waals surface area contributed by atoms with Crippen LogP contribution in [0.5, 0.6) is 0 Å². The highest BCUT2D eigenvalue weighted by molar-refractivity contribution is 6.10. The number of para-hydroxylation sites is 2. The number of ether oxygens (including phenoxy) is 2. The molecule has 8 heteroatoms. The van der Waals surface area contributed by atoms with E-state index >= 15 is 0 Å². The topological polar surface area (TPSA) is 88.2 Å². The van der Waals surface area contributed by atoms with Gasteiger partial charge in [-0.25, -0.2) is 0 Å². The summed E-state index contributed by atoms with van der Waals surface area (Å²) in [4.78, 5) is 40.3. The molecule has 0 spiro atoms. The van der Waals surface area contributed by atoms with E-state index in [0.717, 1.165) is 12.8 Å². The Labute approximate surface area is 163 Å². The van der Waals surface area contributed by atoms with Gasteiger partial charge in [0.25, 0.3) is 0 Å². The van der Waals surface area contributed by atoms with Gasteiger partial charge in [0.05, 0.1) is 24.6 Å². The molecule has 0 saturated carbocycles. The Bertz CT molecular complexity index is 754. The van der Waals surface area contributed by atoms with E-state index in [2.05, 4.69) is 5.32 Å². The Morgan fingerprint density at radius 1 is 1.04 bits per heavy atom. The third kappa shape index (κ3) is 4.02. The first-order valence-corrected chi connectivity index (χ1v) is 9.82. The van der Waals surface area contributed by atoms with Crippen molar-refractivity contribution in [2.75, 3.05) is 43.1 Å². The number of hydrogen-bond acceptors (Lipinski definition) is 5. The van der Waals surface area contributed by atoms with Crippen molar-refractivity contribution >= 4 is 29.1 Å². The largest absolute Gasteiger partial charge is 0.350 e. The highest BCUT2D eigenvalue weighted by Gasteiger charge is 2.32. The molecule has 0 radical (unpaired) electrons. The summed E-state index contributed by atoms with van der Waals surface area (Å²) in [5.74, 6) is -0.124. The summed E-state index contributed by atoms with van der Waals surface area (Å²) in [6.45, 7) is 2.59. The molecule has 1 N–H and O–H groups in total. The van der Waals surface area contributed by atoms with Crippen LogP contribution in [-0.2, 0) is 23.9 Å². The molecule has 28 heavy (non-hydrogen) atoms. The lowest BCUT2D eigenvalue weighted by atomic mass is 9.96. The number of nitrogens with one attached hydrogen (secondary N) is 1. The number of likely N-dealkylation sites (tertiary alicyclic amines) is 1. The standard InChI is InChI=1S/C20H25N3O5/c24-17-13-23(16-4-2-1-3-15(16)21-17)19(26)6-5-18(25)22-9-7-14(8-10-22)20-27-11-12-28-20/h1-4,14,20H,5-13H2,(H,21,24). The van der Waals surface area contributed by atoms with Gasteiger partial charge in [0.1, 0.15) is 6.54 Å². The fourth-order valence-corrected chi connectivity index (χ4v) is 4.03. The van der Waals surface area contributed by atoms with Gasteiger partial charge in [-0.15, -0.1) is 0 Å². The fraction of sp³-hybridized carbons (Fsp3) is 0.550. The molecule has 1 aromatic rings. The smallest absolute Gasteiger partial charge is 0.244 e. The van der Waals surface area contributed by atoms with Gasteiger partial charge in [-0.1, -0.05) is 12.1 Å². The second-order valence-corrected chi connectivity index (χ2v) is 7.37. The molecule has 3 aliphatic heterocycles. The van der Waals surface area contributed by atoms with Crippen LogP contribution in [0.3, 0.4) is 0 Å². The SMILES string of the molecule is O=C1CN(C(=O)CCC(=O)N2CCC(C3OCCO3)CC2)c2ccccc2N1. The van der Waals surface area contributed by atoms with E-state index in [1.54, 1.807) is 12.1 Å². The summed E-state index contributed by atoms with van der Waals surface area (Å²) in [5, 5.41) is 2.76. The molecule has 0 aromatic heterocycles. The van der Waals surface area contributed by atoms with Crippen molar-refractivity contribution in [1.82, 2.24) is 4.90 Å². The van der Waals surface area contributed by atoms with Crippen molar-refractivity contribution in [3.63, 3.8) is 0 Å². The lowest BCUT2D eigenvalue weighted by Crippen LogP contribution is -2.44. The summed E-state index contributed by atoms with van der Waals surface area (Å²) < 4.78 is 11.1. The van der Waals surface area contributed by atoms with Crippen LogP contribution in [0.25, 0.3) is 0 Å². The van der Waals surface area contributed by atoms with Crippen LogP contribution in [0.1, 0.15) is 25.7 Å². The van der Waals surface area contributed by atoms with E-state index in [9.17, 15) is 14.4 Å². The van der Waals surface area contributed by atoms with Crippen molar-refractivity contribution in [1.29, 1.82) is 0 Å². The minimum atomic E-state index is -0.225. The number of nitrogens with zero attached hydrogens (tertiary/aromatic N) is 2. The van der Waals surface area contributed by atoms with Crippen LogP contribution < -0.4 is 10.2 Å². The van der Waals surface area contributed by atoms with Gasteiger partial charge in [0.15, 0.2) is 6.29 Å². The Balaban J connectivity index is 1.28. The van der Waals surface area contributed by atoms with Crippen LogP contribution in [-0.4, -0.2) is 61.8 Å². The van der Waals surface area contributed by atoms with Crippen LogP contribution in [0.4, 0.5) is 11.4 Å². The van der Waals surface area contributed by atoms with E-state index in [0.29, 0.717) is 43.6 Å². The lowest BCUT2D eigenvalue weighted by Gasteiger charge is -2.34. The molecule has 150 valence electrons. The van der Waals surface area contributed by atoms with Crippen molar-refractivity contribution < 1.29 is 23.9 Å². The van der Waals surface area contributed by atoms with E-state index in [1.807, 2.05) is 17.0 Å². The van der Waals surface area contributed by atoms with Crippen LogP contribution in [0, 0.1) is 5.92 Å². The number of fused-ring (bicyclic) bond motifs is 1. The molecule has 4 rings (SSSR count). The first-order valence-electron chi connectivity index (χ1n) is 9.82. The molecular formula is C20H25N3O5. The summed E-state index contributed by atoms with van der Waals surface area (Å²) in [6, 6.07) is 7.19. The Morgan fingerprint density at radius 2 is 1.71 bits per heavy atom. The number of carbonyl (C=O) groups excluding carboxylic acids is 3. The third-order valence-electron chi connectivity index (χ3n) is 5.55. The van der Waals surface area contributed by atoms with Gasteiger partial charge in [-0.3, -0.25) is 14.4 Å². The summed E-state index contributed by atoms with van der Waals surface area (Å²) >= 11 is 0. The molecule has 0 atom stereocenters. The number of benzene rings is 1. The number of carbonyl (C=O) groups is 3. The number of piperidine rings is 1. The van der Waals surface area contributed by atoms with Crippen molar-refractivity contribution in [3.8, 4) is 0 Å². The molecule has 8 nitrogen and oxygen atoms in total. The van der Waals surface area contributed by atoms with Crippen LogP contribution in [0.2, 0.25) is 0 Å². The maximum absolute atomic E-state index is 12.7. The summed E-state index contributed by atoms with van der Waals surface area (Å²) in [7, 11) is 0. The molecule has 0 aliphatic carbocycles. The second kappa shape index (κ2) is 8.28. The van der Waals surface area contributed by atoms with Crippen LogP contribution in [0.15, 0.2) is 24.3 Å². The first-order chi connectivity index (χ1) is 13.6. The Kier molecular flexibility index (Phi) is 5.59. The molecule has 2 fully saturated rings. The second-order valence-electron chi connectivity index (χ2n) is 7.37. The van der Waals surface area contributed by atoms with Gasteiger partial charge in [-0.05, 0) is 25.0 Å². The number of rotatable bonds is 4. The van der Waals surface area contributed by atoms with Crippen molar-refractivity contribution in [3.05, 3.63) is 24.3 Å². The highest BCUT2D eigenvalue weighted by atomic mass is 16.7. The van der Waals surface area contributed by atoms with E-state index in [-0.39, 0.29) is 43.4 Å².